The van der Waals surface area contributed by atoms with Gasteiger partial charge >= 0.3 is 12.0 Å². The van der Waals surface area contributed by atoms with E-state index in [4.69, 9.17) is 0 Å². The van der Waals surface area contributed by atoms with Crippen LogP contribution >= 0.6 is 0 Å². The Balaban J connectivity index is 1.32. The maximum absolute atomic E-state index is 14.3. The van der Waals surface area contributed by atoms with Crippen molar-refractivity contribution in [2.24, 2.45) is 5.41 Å². The number of likely N-dealkylation sites (tertiary alicyclic amines) is 1. The van der Waals surface area contributed by atoms with Crippen molar-refractivity contribution in [3.63, 3.8) is 0 Å². The van der Waals surface area contributed by atoms with Crippen molar-refractivity contribution in [1.82, 2.24) is 4.90 Å². The van der Waals surface area contributed by atoms with Crippen molar-refractivity contribution in [2.75, 3.05) is 29.4 Å². The molecule has 2 aromatic carbocycles. The van der Waals surface area contributed by atoms with Crippen LogP contribution < -0.4 is 9.80 Å². The predicted molar refractivity (Wildman–Crippen MR) is 144 cm³/mol. The van der Waals surface area contributed by atoms with Gasteiger partial charge in [0.15, 0.2) is 0 Å². The molecule has 2 fully saturated rings. The van der Waals surface area contributed by atoms with Crippen LogP contribution in [0.25, 0.3) is 0 Å². The average molecular weight is 540 g/mol. The van der Waals surface area contributed by atoms with E-state index in [2.05, 4.69) is 0 Å². The van der Waals surface area contributed by atoms with Crippen LogP contribution in [0.15, 0.2) is 48.5 Å². The third-order valence-electron chi connectivity index (χ3n) is 8.58. The molecule has 1 unspecified atom stereocenters. The molecule has 1 aliphatic carbocycles. The number of amides is 3. The number of rotatable bonds is 5. The van der Waals surface area contributed by atoms with Gasteiger partial charge in [0.2, 0.25) is 11.8 Å². The van der Waals surface area contributed by atoms with Gasteiger partial charge in [-0.3, -0.25) is 14.5 Å². The van der Waals surface area contributed by atoms with Gasteiger partial charge < -0.3 is 14.9 Å². The standard InChI is InChI=1S/C30H35F2N3O4/c1-21-9-10-22-11-15-34(25(22)18-21)28(39)33-16-13-29(14-17-33,27(37)38)20-26(36)35(23-6-3-2-4-7-23)24-8-5-12-30(31,32)19-24/h2-4,6-7,9-10,18,24H,5,8,11-17,19-20H2,1H3,(H,37,38). The number of carbonyl (C=O) groups excluding carboxylic acids is 2. The summed E-state index contributed by atoms with van der Waals surface area (Å²) in [7, 11) is 0. The molecule has 2 heterocycles. The number of piperidine rings is 1. The second kappa shape index (κ2) is 10.6. The minimum absolute atomic E-state index is 0.123. The van der Waals surface area contributed by atoms with Crippen LogP contribution in [0.2, 0.25) is 0 Å². The zero-order valence-electron chi connectivity index (χ0n) is 22.2. The van der Waals surface area contributed by atoms with E-state index in [9.17, 15) is 28.3 Å². The first-order chi connectivity index (χ1) is 18.6. The van der Waals surface area contributed by atoms with E-state index in [1.165, 1.54) is 4.90 Å². The van der Waals surface area contributed by atoms with Gasteiger partial charge in [-0.2, -0.15) is 0 Å². The molecule has 39 heavy (non-hydrogen) atoms. The molecule has 3 aliphatic rings. The van der Waals surface area contributed by atoms with Crippen LogP contribution in [0.3, 0.4) is 0 Å². The zero-order chi connectivity index (χ0) is 27.8. The number of carbonyl (C=O) groups is 3. The molecule has 5 rings (SSSR count). The van der Waals surface area contributed by atoms with E-state index in [0.717, 1.165) is 23.2 Å². The van der Waals surface area contributed by atoms with Crippen LogP contribution in [0.5, 0.6) is 0 Å². The lowest BCUT2D eigenvalue weighted by atomic mass is 9.75. The predicted octanol–water partition coefficient (Wildman–Crippen LogP) is 5.65. The molecule has 9 heteroatoms. The summed E-state index contributed by atoms with van der Waals surface area (Å²) in [6.07, 6.45) is 0.821. The highest BCUT2D eigenvalue weighted by Crippen LogP contribution is 2.41. The molecule has 2 aromatic rings. The summed E-state index contributed by atoms with van der Waals surface area (Å²) in [5.74, 6) is -4.42. The number of para-hydroxylation sites is 1. The highest BCUT2D eigenvalue weighted by molar-refractivity contribution is 5.97. The average Bonchev–Trinajstić information content (AvgIpc) is 3.32. The Kier molecular flexibility index (Phi) is 7.35. The monoisotopic (exact) mass is 539 g/mol. The van der Waals surface area contributed by atoms with E-state index < -0.39 is 35.7 Å². The first-order valence-electron chi connectivity index (χ1n) is 13.7. The molecule has 3 amide bonds. The number of hydrogen-bond donors (Lipinski definition) is 1. The number of fused-ring (bicyclic) bond motifs is 1. The highest BCUT2D eigenvalue weighted by atomic mass is 19.3. The van der Waals surface area contributed by atoms with Gasteiger partial charge in [-0.15, -0.1) is 0 Å². The van der Waals surface area contributed by atoms with Crippen LogP contribution in [-0.4, -0.2) is 59.5 Å². The zero-order valence-corrected chi connectivity index (χ0v) is 22.2. The van der Waals surface area contributed by atoms with Crippen molar-refractivity contribution in [2.45, 2.75) is 70.3 Å². The summed E-state index contributed by atoms with van der Waals surface area (Å²) in [5.41, 5.74) is 2.21. The van der Waals surface area contributed by atoms with Crippen LogP contribution in [0.1, 0.15) is 56.1 Å². The molecule has 1 saturated heterocycles. The normalized spacial score (nSPS) is 21.8. The molecule has 2 aliphatic heterocycles. The summed E-state index contributed by atoms with van der Waals surface area (Å²) in [5, 5.41) is 10.3. The number of urea groups is 1. The van der Waals surface area contributed by atoms with E-state index in [1.54, 1.807) is 40.1 Å². The molecule has 208 valence electrons. The van der Waals surface area contributed by atoms with Crippen LogP contribution in [-0.2, 0) is 16.0 Å². The Morgan fingerprint density at radius 3 is 2.41 bits per heavy atom. The number of benzene rings is 2. The number of carboxylic acid groups (broad SMARTS) is 1. The molecule has 0 bridgehead atoms. The second-order valence-corrected chi connectivity index (χ2v) is 11.3. The maximum Gasteiger partial charge on any atom is 0.324 e. The molecule has 1 atom stereocenters. The molecule has 7 nitrogen and oxygen atoms in total. The number of alkyl halides is 2. The topological polar surface area (TPSA) is 81.2 Å². The highest BCUT2D eigenvalue weighted by Gasteiger charge is 2.47. The van der Waals surface area contributed by atoms with Crippen molar-refractivity contribution >= 4 is 29.3 Å². The summed E-state index contributed by atoms with van der Waals surface area (Å²) in [6.45, 7) is 2.98. The smallest absolute Gasteiger partial charge is 0.324 e. The fraction of sp³-hybridized carbons (Fsp3) is 0.500. The lowest BCUT2D eigenvalue weighted by molar-refractivity contribution is -0.154. The van der Waals surface area contributed by atoms with E-state index in [-0.39, 0.29) is 44.8 Å². The van der Waals surface area contributed by atoms with Gasteiger partial charge in [-0.1, -0.05) is 30.3 Å². The van der Waals surface area contributed by atoms with Crippen LogP contribution in [0.4, 0.5) is 25.0 Å². The molecule has 1 N–H and O–H groups in total. The van der Waals surface area contributed by atoms with Gasteiger partial charge in [0.1, 0.15) is 0 Å². The fourth-order valence-corrected chi connectivity index (χ4v) is 6.34. The number of carboxylic acids is 1. The number of anilines is 2. The second-order valence-electron chi connectivity index (χ2n) is 11.3. The van der Waals surface area contributed by atoms with Gasteiger partial charge in [0.05, 0.1) is 5.41 Å². The Hall–Kier alpha value is -3.49. The molecule has 0 radical (unpaired) electrons. The van der Waals surface area contributed by atoms with E-state index in [1.807, 2.05) is 25.1 Å². The fourth-order valence-electron chi connectivity index (χ4n) is 6.34. The van der Waals surface area contributed by atoms with Crippen molar-refractivity contribution < 1.29 is 28.3 Å². The molecule has 0 spiro atoms. The molecular weight excluding hydrogens is 504 g/mol. The first-order valence-corrected chi connectivity index (χ1v) is 13.7. The lowest BCUT2D eigenvalue weighted by Gasteiger charge is -2.42. The van der Waals surface area contributed by atoms with Crippen LogP contribution in [0, 0.1) is 12.3 Å². The van der Waals surface area contributed by atoms with Crippen molar-refractivity contribution in [3.05, 3.63) is 59.7 Å². The van der Waals surface area contributed by atoms with Gasteiger partial charge in [0.25, 0.3) is 0 Å². The van der Waals surface area contributed by atoms with Gasteiger partial charge in [-0.25, -0.2) is 13.6 Å². The maximum atomic E-state index is 14.3. The Morgan fingerprint density at radius 2 is 1.74 bits per heavy atom. The Bertz CT molecular complexity index is 1240. The van der Waals surface area contributed by atoms with Gasteiger partial charge in [0, 0.05) is 56.3 Å². The summed E-state index contributed by atoms with van der Waals surface area (Å²) in [4.78, 5) is 44.6. The molecule has 0 aromatic heterocycles. The number of aliphatic carboxylic acids is 1. The number of aryl methyl sites for hydroxylation is 1. The van der Waals surface area contributed by atoms with E-state index in [0.29, 0.717) is 25.1 Å². The number of hydrogen-bond acceptors (Lipinski definition) is 3. The quantitative estimate of drug-likeness (QED) is 0.533. The summed E-state index contributed by atoms with van der Waals surface area (Å²) >= 11 is 0. The van der Waals surface area contributed by atoms with E-state index >= 15 is 0 Å². The SMILES string of the molecule is Cc1ccc2c(c1)N(C(=O)N1CCC(CC(=O)N(c3ccccc3)C3CCCC(F)(F)C3)(C(=O)O)CC1)CC2. The Morgan fingerprint density at radius 1 is 1.03 bits per heavy atom. The van der Waals surface area contributed by atoms with Crippen molar-refractivity contribution in [3.8, 4) is 0 Å². The van der Waals surface area contributed by atoms with Gasteiger partial charge in [-0.05, 0) is 68.4 Å². The molecular formula is C30H35F2N3O4. The third kappa shape index (κ3) is 5.49. The largest absolute Gasteiger partial charge is 0.481 e. The lowest BCUT2D eigenvalue weighted by Crippen LogP contribution is -2.53. The summed E-state index contributed by atoms with van der Waals surface area (Å²) in [6, 6.07) is 13.9. The third-order valence-corrected chi connectivity index (χ3v) is 8.58. The minimum atomic E-state index is -2.86. The number of nitrogens with zero attached hydrogens (tertiary/aromatic N) is 3. The molecule has 1 saturated carbocycles. The number of halogens is 2. The summed E-state index contributed by atoms with van der Waals surface area (Å²) < 4.78 is 28.7. The minimum Gasteiger partial charge on any atom is -0.481 e. The van der Waals surface area contributed by atoms with Crippen molar-refractivity contribution in [1.29, 1.82) is 0 Å². The Labute approximate surface area is 227 Å². The first kappa shape index (κ1) is 27.1.